The van der Waals surface area contributed by atoms with E-state index in [1.54, 1.807) is 0 Å². The number of rotatable bonds is 7. The van der Waals surface area contributed by atoms with Crippen LogP contribution >= 0.6 is 0 Å². The Bertz CT molecular complexity index is 240. The van der Waals surface area contributed by atoms with E-state index in [4.69, 9.17) is 0 Å². The molecular weight excluding hydrogens is 232 g/mol. The third kappa shape index (κ3) is 5.07. The normalized spacial score (nSPS) is 19.6. The van der Waals surface area contributed by atoms with Gasteiger partial charge in [0.05, 0.1) is 0 Å². The molecule has 0 atom stereocenters. The Balaban J connectivity index is 2.27. The molecule has 0 spiro atoms. The van der Waals surface area contributed by atoms with Crippen LogP contribution in [0.2, 0.25) is 0 Å². The molecule has 114 valence electrons. The number of nitrogens with zero attached hydrogens (tertiary/aromatic N) is 2. The smallest absolute Gasteiger partial charge is 0.0173 e. The molecule has 0 saturated carbocycles. The fraction of sp³-hybridized carbons (Fsp3) is 1.00. The first kappa shape index (κ1) is 17.0. The monoisotopic (exact) mass is 268 g/mol. The highest BCUT2D eigenvalue weighted by atomic mass is 15.2. The molecule has 0 unspecified atom stereocenters. The highest BCUT2D eigenvalue weighted by Gasteiger charge is 2.27. The number of likely N-dealkylation sites (tertiary alicyclic amines) is 1. The van der Waals surface area contributed by atoms with Crippen LogP contribution in [0.4, 0.5) is 0 Å². The van der Waals surface area contributed by atoms with E-state index in [-0.39, 0.29) is 0 Å². The van der Waals surface area contributed by atoms with E-state index in [2.05, 4.69) is 51.5 Å². The largest absolute Gasteiger partial charge is 0.302 e. The summed E-state index contributed by atoms with van der Waals surface area (Å²) in [5.41, 5.74) is 0.306. The van der Waals surface area contributed by atoms with Crippen molar-refractivity contribution in [3.63, 3.8) is 0 Å². The molecule has 0 aromatic carbocycles. The van der Waals surface area contributed by atoms with Gasteiger partial charge in [0.2, 0.25) is 0 Å². The summed E-state index contributed by atoms with van der Waals surface area (Å²) in [6.07, 6.45) is 5.64. The minimum Gasteiger partial charge on any atom is -0.302 e. The molecule has 2 nitrogen and oxygen atoms in total. The summed E-state index contributed by atoms with van der Waals surface area (Å²) < 4.78 is 0. The van der Waals surface area contributed by atoms with Crippen LogP contribution in [0.3, 0.4) is 0 Å². The van der Waals surface area contributed by atoms with E-state index < -0.39 is 0 Å². The van der Waals surface area contributed by atoms with Gasteiger partial charge in [-0.3, -0.25) is 4.90 Å². The predicted octanol–water partition coefficient (Wildman–Crippen LogP) is 3.86. The summed E-state index contributed by atoms with van der Waals surface area (Å²) >= 11 is 0. The average Bonchev–Trinajstić information content (AvgIpc) is 2.37. The molecule has 19 heavy (non-hydrogen) atoms. The van der Waals surface area contributed by atoms with Crippen molar-refractivity contribution in [2.45, 2.75) is 65.8 Å². The highest BCUT2D eigenvalue weighted by molar-refractivity contribution is 4.83. The van der Waals surface area contributed by atoms with Gasteiger partial charge < -0.3 is 4.90 Å². The van der Waals surface area contributed by atoms with Crippen molar-refractivity contribution < 1.29 is 0 Å². The second-order valence-corrected chi connectivity index (χ2v) is 7.30. The summed E-state index contributed by atoms with van der Waals surface area (Å²) in [5, 5.41) is 0. The fourth-order valence-electron chi connectivity index (χ4n) is 2.93. The van der Waals surface area contributed by atoms with Gasteiger partial charge in [-0.1, -0.05) is 33.6 Å². The Morgan fingerprint density at radius 3 is 2.26 bits per heavy atom. The van der Waals surface area contributed by atoms with Crippen LogP contribution in [0.5, 0.6) is 0 Å². The van der Waals surface area contributed by atoms with Gasteiger partial charge in [-0.15, -0.1) is 0 Å². The quantitative estimate of drug-likeness (QED) is 0.692. The molecule has 0 N–H and O–H groups in total. The number of hydrogen-bond acceptors (Lipinski definition) is 2. The van der Waals surface area contributed by atoms with Gasteiger partial charge in [-0.05, 0) is 58.7 Å². The van der Waals surface area contributed by atoms with Gasteiger partial charge in [0, 0.05) is 18.6 Å². The van der Waals surface area contributed by atoms with E-state index in [9.17, 15) is 0 Å². The number of piperidine rings is 1. The number of hydrogen-bond donors (Lipinski definition) is 0. The van der Waals surface area contributed by atoms with Crippen LogP contribution in [0.25, 0.3) is 0 Å². The van der Waals surface area contributed by atoms with Crippen molar-refractivity contribution in [2.75, 3.05) is 33.2 Å². The Hall–Kier alpha value is -0.0800. The SMILES string of the molecule is CCCC1CCN(CCN(C)C(C)(C)C(C)C)CC1. The topological polar surface area (TPSA) is 6.48 Å². The lowest BCUT2D eigenvalue weighted by atomic mass is 9.89. The van der Waals surface area contributed by atoms with Crippen LogP contribution in [0.1, 0.15) is 60.3 Å². The summed E-state index contributed by atoms with van der Waals surface area (Å²) in [6, 6.07) is 0. The van der Waals surface area contributed by atoms with Crippen LogP contribution in [-0.4, -0.2) is 48.6 Å². The second kappa shape index (κ2) is 7.64. The van der Waals surface area contributed by atoms with Crippen LogP contribution in [0.15, 0.2) is 0 Å². The van der Waals surface area contributed by atoms with Gasteiger partial charge in [-0.25, -0.2) is 0 Å². The number of likely N-dealkylation sites (N-methyl/N-ethyl adjacent to an activating group) is 1. The molecule has 1 aliphatic heterocycles. The molecule has 1 fully saturated rings. The Kier molecular flexibility index (Phi) is 6.82. The maximum absolute atomic E-state index is 2.67. The molecule has 1 aliphatic rings. The first-order valence-corrected chi connectivity index (χ1v) is 8.31. The van der Waals surface area contributed by atoms with Gasteiger partial charge >= 0.3 is 0 Å². The lowest BCUT2D eigenvalue weighted by molar-refractivity contribution is 0.0820. The minimum absolute atomic E-state index is 0.306. The summed E-state index contributed by atoms with van der Waals surface area (Å²) in [5.74, 6) is 1.71. The van der Waals surface area contributed by atoms with Crippen molar-refractivity contribution >= 4 is 0 Å². The maximum Gasteiger partial charge on any atom is 0.0173 e. The third-order valence-electron chi connectivity index (χ3n) is 5.55. The first-order valence-electron chi connectivity index (χ1n) is 8.31. The summed E-state index contributed by atoms with van der Waals surface area (Å²) in [4.78, 5) is 5.20. The van der Waals surface area contributed by atoms with Crippen molar-refractivity contribution in [3.8, 4) is 0 Å². The maximum atomic E-state index is 2.67. The zero-order chi connectivity index (χ0) is 14.5. The van der Waals surface area contributed by atoms with Gasteiger partial charge in [0.1, 0.15) is 0 Å². The molecule has 0 aromatic heterocycles. The lowest BCUT2D eigenvalue weighted by Gasteiger charge is -2.41. The van der Waals surface area contributed by atoms with Crippen LogP contribution < -0.4 is 0 Å². The first-order chi connectivity index (χ1) is 8.87. The lowest BCUT2D eigenvalue weighted by Crippen LogP contribution is -2.49. The van der Waals surface area contributed by atoms with Gasteiger partial charge in [0.25, 0.3) is 0 Å². The minimum atomic E-state index is 0.306. The van der Waals surface area contributed by atoms with Gasteiger partial charge in [-0.2, -0.15) is 0 Å². The molecule has 0 amide bonds. The third-order valence-corrected chi connectivity index (χ3v) is 5.55. The zero-order valence-electron chi connectivity index (χ0n) is 14.2. The van der Waals surface area contributed by atoms with E-state index >= 15 is 0 Å². The molecule has 1 heterocycles. The Morgan fingerprint density at radius 1 is 1.21 bits per heavy atom. The second-order valence-electron chi connectivity index (χ2n) is 7.30. The Labute approximate surface area is 121 Å². The summed E-state index contributed by atoms with van der Waals surface area (Å²) in [6.45, 7) is 16.8. The van der Waals surface area contributed by atoms with Crippen LogP contribution in [0, 0.1) is 11.8 Å². The van der Waals surface area contributed by atoms with E-state index in [1.807, 2.05) is 0 Å². The zero-order valence-corrected chi connectivity index (χ0v) is 14.2. The molecule has 0 bridgehead atoms. The van der Waals surface area contributed by atoms with Crippen molar-refractivity contribution in [1.82, 2.24) is 9.80 Å². The standard InChI is InChI=1S/C17H36N2/c1-7-8-16-9-11-19(12-10-16)14-13-18(6)17(4,5)15(2)3/h15-16H,7-14H2,1-6H3. The van der Waals surface area contributed by atoms with E-state index in [0.29, 0.717) is 11.5 Å². The van der Waals surface area contributed by atoms with E-state index in [0.717, 1.165) is 5.92 Å². The molecule has 1 saturated heterocycles. The fourth-order valence-corrected chi connectivity index (χ4v) is 2.93. The molecular formula is C17H36N2. The van der Waals surface area contributed by atoms with Gasteiger partial charge in [0.15, 0.2) is 0 Å². The predicted molar refractivity (Wildman–Crippen MR) is 85.6 cm³/mol. The molecule has 2 heteroatoms. The molecule has 0 aliphatic carbocycles. The highest BCUT2D eigenvalue weighted by Crippen LogP contribution is 2.24. The van der Waals surface area contributed by atoms with Crippen LogP contribution in [-0.2, 0) is 0 Å². The van der Waals surface area contributed by atoms with Crippen molar-refractivity contribution in [1.29, 1.82) is 0 Å². The molecule has 0 aromatic rings. The molecule has 1 rings (SSSR count). The molecule has 0 radical (unpaired) electrons. The summed E-state index contributed by atoms with van der Waals surface area (Å²) in [7, 11) is 2.28. The Morgan fingerprint density at radius 2 is 1.79 bits per heavy atom. The average molecular weight is 268 g/mol. The van der Waals surface area contributed by atoms with Crippen molar-refractivity contribution in [3.05, 3.63) is 0 Å². The van der Waals surface area contributed by atoms with Crippen molar-refractivity contribution in [2.24, 2.45) is 11.8 Å². The van der Waals surface area contributed by atoms with E-state index in [1.165, 1.54) is 51.9 Å².